The number of carbonyl (C=O) groups is 1. The summed E-state index contributed by atoms with van der Waals surface area (Å²) in [7, 11) is 1.79. The Labute approximate surface area is 109 Å². The molecule has 0 aromatic carbocycles. The van der Waals surface area contributed by atoms with Crippen LogP contribution in [0.1, 0.15) is 45.4 Å². The van der Waals surface area contributed by atoms with Crippen LogP contribution in [0.4, 0.5) is 0 Å². The Bertz CT molecular complexity index is 299. The Morgan fingerprint density at radius 1 is 1.39 bits per heavy atom. The lowest BCUT2D eigenvalue weighted by atomic mass is 9.84. The number of aliphatic carboxylic acids is 1. The second kappa shape index (κ2) is 5.57. The average molecular weight is 255 g/mol. The number of hydrogen-bond donors (Lipinski definition) is 1. The molecule has 1 N–H and O–H groups in total. The number of likely N-dealkylation sites (tertiary alicyclic amines) is 1. The Kier molecular flexibility index (Phi) is 4.28. The van der Waals surface area contributed by atoms with Gasteiger partial charge in [-0.1, -0.05) is 6.92 Å². The molecule has 2 aliphatic rings. The van der Waals surface area contributed by atoms with Gasteiger partial charge in [0.05, 0.1) is 11.5 Å². The van der Waals surface area contributed by atoms with Gasteiger partial charge in [-0.15, -0.1) is 0 Å². The standard InChI is InChI=1S/C14H25NO3/c1-3-14(13(16)17)8-9-15(10-14)11-4-6-12(18-2)7-5-11/h11-12H,3-10H2,1-2H3,(H,16,17). The van der Waals surface area contributed by atoms with Crippen LogP contribution in [0, 0.1) is 5.41 Å². The molecule has 4 nitrogen and oxygen atoms in total. The molecule has 18 heavy (non-hydrogen) atoms. The maximum absolute atomic E-state index is 11.4. The lowest BCUT2D eigenvalue weighted by molar-refractivity contribution is -0.148. The molecule has 0 bridgehead atoms. The molecule has 104 valence electrons. The van der Waals surface area contributed by atoms with E-state index in [1.54, 1.807) is 7.11 Å². The van der Waals surface area contributed by atoms with Gasteiger partial charge < -0.3 is 9.84 Å². The molecule has 0 spiro atoms. The van der Waals surface area contributed by atoms with Crippen LogP contribution >= 0.6 is 0 Å². The number of rotatable bonds is 4. The number of carboxylic acid groups (broad SMARTS) is 1. The summed E-state index contributed by atoms with van der Waals surface area (Å²) in [6.07, 6.45) is 6.50. The molecule has 0 aromatic heterocycles. The molecule has 1 saturated heterocycles. The first-order chi connectivity index (χ1) is 8.61. The SMILES string of the molecule is CCC1(C(=O)O)CCN(C2CCC(OC)CC2)C1. The first kappa shape index (κ1) is 13.8. The van der Waals surface area contributed by atoms with E-state index in [1.165, 1.54) is 0 Å². The maximum Gasteiger partial charge on any atom is 0.310 e. The predicted molar refractivity (Wildman–Crippen MR) is 69.6 cm³/mol. The summed E-state index contributed by atoms with van der Waals surface area (Å²) in [5.41, 5.74) is -0.488. The van der Waals surface area contributed by atoms with Crippen LogP contribution in [-0.2, 0) is 9.53 Å². The van der Waals surface area contributed by atoms with Gasteiger partial charge in [-0.2, -0.15) is 0 Å². The molecule has 1 unspecified atom stereocenters. The van der Waals surface area contributed by atoms with E-state index in [1.807, 2.05) is 6.92 Å². The van der Waals surface area contributed by atoms with Gasteiger partial charge >= 0.3 is 5.97 Å². The normalized spacial score (nSPS) is 37.9. The van der Waals surface area contributed by atoms with E-state index >= 15 is 0 Å². The van der Waals surface area contributed by atoms with Gasteiger partial charge in [-0.05, 0) is 45.1 Å². The Morgan fingerprint density at radius 2 is 2.06 bits per heavy atom. The van der Waals surface area contributed by atoms with Gasteiger partial charge in [0.2, 0.25) is 0 Å². The van der Waals surface area contributed by atoms with Crippen molar-refractivity contribution in [1.82, 2.24) is 4.90 Å². The molecule has 0 aromatic rings. The summed E-state index contributed by atoms with van der Waals surface area (Å²) in [6, 6.07) is 0.573. The minimum Gasteiger partial charge on any atom is -0.481 e. The van der Waals surface area contributed by atoms with Crippen LogP contribution in [-0.4, -0.2) is 48.3 Å². The monoisotopic (exact) mass is 255 g/mol. The van der Waals surface area contributed by atoms with Crippen LogP contribution in [0.15, 0.2) is 0 Å². The highest BCUT2D eigenvalue weighted by Gasteiger charge is 2.45. The quantitative estimate of drug-likeness (QED) is 0.836. The molecule has 2 fully saturated rings. The van der Waals surface area contributed by atoms with Crippen LogP contribution in [0.2, 0.25) is 0 Å². The highest BCUT2D eigenvalue weighted by atomic mass is 16.5. The zero-order valence-corrected chi connectivity index (χ0v) is 11.5. The van der Waals surface area contributed by atoms with Crippen LogP contribution in [0.5, 0.6) is 0 Å². The first-order valence-corrected chi connectivity index (χ1v) is 7.11. The summed E-state index contributed by atoms with van der Waals surface area (Å²) in [6.45, 7) is 3.68. The van der Waals surface area contributed by atoms with E-state index in [2.05, 4.69) is 4.90 Å². The number of methoxy groups -OCH3 is 1. The van der Waals surface area contributed by atoms with Gasteiger partial charge in [0, 0.05) is 19.7 Å². The average Bonchev–Trinajstić information content (AvgIpc) is 2.84. The number of hydrogen-bond acceptors (Lipinski definition) is 3. The van der Waals surface area contributed by atoms with Crippen molar-refractivity contribution in [3.05, 3.63) is 0 Å². The number of nitrogens with zero attached hydrogens (tertiary/aromatic N) is 1. The smallest absolute Gasteiger partial charge is 0.310 e. The molecule has 0 radical (unpaired) electrons. The molecule has 1 atom stereocenters. The lowest BCUT2D eigenvalue weighted by Crippen LogP contribution is -2.41. The van der Waals surface area contributed by atoms with Gasteiger partial charge in [-0.3, -0.25) is 9.69 Å². The molecule has 1 aliphatic heterocycles. The highest BCUT2D eigenvalue weighted by molar-refractivity contribution is 5.75. The van der Waals surface area contributed by atoms with Gasteiger partial charge in [0.15, 0.2) is 0 Å². The van der Waals surface area contributed by atoms with E-state index in [4.69, 9.17) is 4.74 Å². The Morgan fingerprint density at radius 3 is 2.50 bits per heavy atom. The molecule has 0 amide bonds. The van der Waals surface area contributed by atoms with Gasteiger partial charge in [0.25, 0.3) is 0 Å². The first-order valence-electron chi connectivity index (χ1n) is 7.11. The molecule has 1 saturated carbocycles. The van der Waals surface area contributed by atoms with Crippen molar-refractivity contribution in [2.75, 3.05) is 20.2 Å². The summed E-state index contributed by atoms with van der Waals surface area (Å²) < 4.78 is 5.39. The zero-order chi connectivity index (χ0) is 13.2. The van der Waals surface area contributed by atoms with E-state index in [0.29, 0.717) is 12.1 Å². The fourth-order valence-electron chi connectivity index (χ4n) is 3.48. The molecule has 1 aliphatic carbocycles. The molecular weight excluding hydrogens is 230 g/mol. The second-order valence-electron chi connectivity index (χ2n) is 5.83. The predicted octanol–water partition coefficient (Wildman–Crippen LogP) is 2.13. The maximum atomic E-state index is 11.4. The van der Waals surface area contributed by atoms with Crippen molar-refractivity contribution in [3.63, 3.8) is 0 Å². The van der Waals surface area contributed by atoms with Crippen LogP contribution in [0.25, 0.3) is 0 Å². The minimum atomic E-state index is -0.613. The van der Waals surface area contributed by atoms with E-state index in [0.717, 1.165) is 51.6 Å². The third kappa shape index (κ3) is 2.54. The number of ether oxygens (including phenoxy) is 1. The summed E-state index contributed by atoms with van der Waals surface area (Å²) in [5, 5.41) is 9.41. The van der Waals surface area contributed by atoms with Crippen molar-refractivity contribution in [3.8, 4) is 0 Å². The summed E-state index contributed by atoms with van der Waals surface area (Å²) in [5.74, 6) is -0.613. The van der Waals surface area contributed by atoms with Crippen molar-refractivity contribution in [1.29, 1.82) is 0 Å². The Hall–Kier alpha value is -0.610. The van der Waals surface area contributed by atoms with E-state index in [-0.39, 0.29) is 0 Å². The third-order valence-electron chi connectivity index (χ3n) is 5.01. The third-order valence-corrected chi connectivity index (χ3v) is 5.01. The summed E-state index contributed by atoms with van der Waals surface area (Å²) in [4.78, 5) is 13.8. The van der Waals surface area contributed by atoms with Gasteiger partial charge in [0.1, 0.15) is 0 Å². The molecule has 2 rings (SSSR count). The fraction of sp³-hybridized carbons (Fsp3) is 0.929. The lowest BCUT2D eigenvalue weighted by Gasteiger charge is -2.35. The zero-order valence-electron chi connectivity index (χ0n) is 11.5. The molecule has 4 heteroatoms. The van der Waals surface area contributed by atoms with Crippen molar-refractivity contribution >= 4 is 5.97 Å². The summed E-state index contributed by atoms with van der Waals surface area (Å²) >= 11 is 0. The van der Waals surface area contributed by atoms with Crippen LogP contribution < -0.4 is 0 Å². The van der Waals surface area contributed by atoms with Crippen LogP contribution in [0.3, 0.4) is 0 Å². The van der Waals surface area contributed by atoms with E-state index < -0.39 is 11.4 Å². The topological polar surface area (TPSA) is 49.8 Å². The van der Waals surface area contributed by atoms with Crippen molar-refractivity contribution < 1.29 is 14.6 Å². The molecular formula is C14H25NO3. The second-order valence-corrected chi connectivity index (χ2v) is 5.83. The highest BCUT2D eigenvalue weighted by Crippen LogP contribution is 2.37. The Balaban J connectivity index is 1.91. The fourth-order valence-corrected chi connectivity index (χ4v) is 3.48. The largest absolute Gasteiger partial charge is 0.481 e. The van der Waals surface area contributed by atoms with Crippen molar-refractivity contribution in [2.24, 2.45) is 5.41 Å². The minimum absolute atomic E-state index is 0.416. The van der Waals surface area contributed by atoms with Crippen molar-refractivity contribution in [2.45, 2.75) is 57.6 Å². The molecule has 1 heterocycles. The number of carboxylic acids is 1. The van der Waals surface area contributed by atoms with Gasteiger partial charge in [-0.25, -0.2) is 0 Å². The van der Waals surface area contributed by atoms with E-state index in [9.17, 15) is 9.90 Å².